The fourth-order valence-electron chi connectivity index (χ4n) is 8.48. The van der Waals surface area contributed by atoms with Gasteiger partial charge in [0.15, 0.2) is 0 Å². The molecule has 69 heavy (non-hydrogen) atoms. The minimum atomic E-state index is -3.25. The number of nitrogens with one attached hydrogen (secondary N) is 5. The molecule has 374 valence electrons. The molecule has 20 nitrogen and oxygen atoms in total. The van der Waals surface area contributed by atoms with Crippen LogP contribution in [0, 0.1) is 10.8 Å². The van der Waals surface area contributed by atoms with Crippen molar-refractivity contribution < 1.29 is 72.6 Å². The summed E-state index contributed by atoms with van der Waals surface area (Å²) in [5.41, 5.74) is -1.00. The Kier molecular flexibility index (Phi) is 15.8. The molecule has 1 aliphatic heterocycles. The number of ether oxygens (including phenoxy) is 2. The van der Waals surface area contributed by atoms with E-state index in [0.29, 0.717) is 21.8 Å². The molecule has 0 radical (unpaired) electrons. The Morgan fingerprint density at radius 1 is 0.942 bits per heavy atom. The Hall–Kier alpha value is -6.11. The molecule has 2 heterocycles. The van der Waals surface area contributed by atoms with Crippen molar-refractivity contribution in [2.75, 3.05) is 39.4 Å². The quantitative estimate of drug-likeness (QED) is 0.0469. The molecule has 23 heteroatoms. The lowest BCUT2D eigenvalue weighted by Gasteiger charge is -2.28. The summed E-state index contributed by atoms with van der Waals surface area (Å²) in [6.07, 6.45) is -8.73. The maximum Gasteiger partial charge on any atom is 0.413 e. The number of hydrogen-bond donors (Lipinski definition) is 10. The van der Waals surface area contributed by atoms with Crippen molar-refractivity contribution in [1.82, 2.24) is 31.1 Å². The van der Waals surface area contributed by atoms with Gasteiger partial charge in [-0.1, -0.05) is 30.3 Å². The number of carbonyl (C=O) groups excluding carboxylic acids is 5. The molecule has 1 saturated heterocycles. The monoisotopic (exact) mass is 985 g/mol. The fraction of sp³-hybridized carbons (Fsp3) is 0.500. The van der Waals surface area contributed by atoms with Gasteiger partial charge in [0.05, 0.1) is 38.4 Å². The summed E-state index contributed by atoms with van der Waals surface area (Å²) in [7, 11) is 0. The molecule has 2 fully saturated rings. The van der Waals surface area contributed by atoms with E-state index < -0.39 is 115 Å². The van der Waals surface area contributed by atoms with Crippen LogP contribution < -0.4 is 21.3 Å². The van der Waals surface area contributed by atoms with Crippen LogP contribution in [0.1, 0.15) is 85.4 Å². The van der Waals surface area contributed by atoms with Crippen molar-refractivity contribution in [3.05, 3.63) is 81.0 Å². The lowest BCUT2D eigenvalue weighted by Crippen LogP contribution is -2.51. The number of hydrogen-bond acceptors (Lipinski definition) is 14. The van der Waals surface area contributed by atoms with E-state index in [0.717, 1.165) is 6.92 Å². The van der Waals surface area contributed by atoms with E-state index >= 15 is 8.78 Å². The van der Waals surface area contributed by atoms with Crippen LogP contribution in [-0.2, 0) is 29.8 Å². The zero-order chi connectivity index (χ0) is 50.7. The molecule has 2 aromatic carbocycles. The zero-order valence-corrected chi connectivity index (χ0v) is 39.3. The Bertz CT molecular complexity index is 2470. The Morgan fingerprint density at radius 2 is 1.64 bits per heavy atom. The summed E-state index contributed by atoms with van der Waals surface area (Å²) in [5, 5.41) is 69.4. The highest BCUT2D eigenvalue weighted by Gasteiger charge is 2.67. The summed E-state index contributed by atoms with van der Waals surface area (Å²) >= 11 is 1.23. The van der Waals surface area contributed by atoms with E-state index in [4.69, 9.17) is 14.9 Å². The number of amidine groups is 1. The number of rotatable bonds is 19. The molecule has 1 aromatic heterocycles. The Balaban J connectivity index is 1.08. The second-order valence-electron chi connectivity index (χ2n) is 18.5. The number of halogens is 2. The number of alkyl carbamates (subject to hydrolysis) is 1. The fourth-order valence-corrected chi connectivity index (χ4v) is 9.39. The minimum absolute atomic E-state index is 0.0439. The van der Waals surface area contributed by atoms with E-state index in [-0.39, 0.29) is 59.8 Å². The largest absolute Gasteiger partial charge is 0.465 e. The normalized spacial score (nSPS) is 20.7. The van der Waals surface area contributed by atoms with Crippen molar-refractivity contribution in [2.45, 2.75) is 102 Å². The average molecular weight is 986 g/mol. The first-order valence-corrected chi connectivity index (χ1v) is 23.0. The third-order valence-electron chi connectivity index (χ3n) is 12.1. The van der Waals surface area contributed by atoms with Gasteiger partial charge in [-0.25, -0.2) is 9.59 Å². The number of carbonyl (C=O) groups is 6. The van der Waals surface area contributed by atoms with Gasteiger partial charge in [0.2, 0.25) is 17.7 Å². The number of nitrogens with zero attached hydrogens (tertiary/aromatic N) is 2. The van der Waals surface area contributed by atoms with Crippen LogP contribution >= 0.6 is 11.3 Å². The molecule has 3 aromatic rings. The van der Waals surface area contributed by atoms with Crippen LogP contribution in [0.4, 0.5) is 18.4 Å². The minimum Gasteiger partial charge on any atom is -0.465 e. The summed E-state index contributed by atoms with van der Waals surface area (Å²) in [6.45, 7) is 5.79. The van der Waals surface area contributed by atoms with E-state index in [1.165, 1.54) is 46.6 Å². The van der Waals surface area contributed by atoms with E-state index in [9.17, 15) is 54.3 Å². The SMILES string of the molecule is C[C@H](O)[C@H](O)[C@@H](O)[C@@H](O)CN(CC(=O)NCCOC[C@@]12C[C@@H]1N(C(=O)CNC(=O)c1ccc3c(c1)-c1ccccc1C3(F)F)[C@H](C(=O)N[C@H](C)c1cc(C(=N)NC(=O)OC(C)(C)C)cs1)C2)C(=O)O. The highest BCUT2D eigenvalue weighted by Crippen LogP contribution is 2.60. The van der Waals surface area contributed by atoms with Gasteiger partial charge in [-0.3, -0.25) is 34.8 Å². The molecular formula is C46H57F2N7O13S. The van der Waals surface area contributed by atoms with E-state index in [2.05, 4.69) is 21.3 Å². The average Bonchev–Trinajstić information content (AvgIpc) is 3.53. The van der Waals surface area contributed by atoms with Gasteiger partial charge in [0.25, 0.3) is 11.8 Å². The lowest BCUT2D eigenvalue weighted by atomic mass is 10.00. The van der Waals surface area contributed by atoms with Crippen LogP contribution in [0.2, 0.25) is 0 Å². The number of fused-ring (bicyclic) bond motifs is 4. The summed E-state index contributed by atoms with van der Waals surface area (Å²) in [5.74, 6) is -6.05. The number of aliphatic hydroxyl groups is 4. The van der Waals surface area contributed by atoms with Gasteiger partial charge >= 0.3 is 12.2 Å². The second-order valence-corrected chi connectivity index (χ2v) is 19.4. The molecular weight excluding hydrogens is 929 g/mol. The molecule has 6 rings (SSSR count). The van der Waals surface area contributed by atoms with Gasteiger partial charge in [-0.2, -0.15) is 8.78 Å². The first kappa shape index (κ1) is 52.3. The molecule has 6 amide bonds. The van der Waals surface area contributed by atoms with Crippen LogP contribution in [0.25, 0.3) is 11.1 Å². The highest BCUT2D eigenvalue weighted by atomic mass is 32.1. The maximum atomic E-state index is 15.2. The molecule has 10 N–H and O–H groups in total. The maximum absolute atomic E-state index is 15.2. The van der Waals surface area contributed by atoms with Gasteiger partial charge in [-0.05, 0) is 76.8 Å². The number of likely N-dealkylation sites (tertiary alicyclic amines) is 1. The number of benzene rings is 2. The van der Waals surface area contributed by atoms with Crippen LogP contribution in [0.3, 0.4) is 0 Å². The number of alkyl halides is 2. The lowest BCUT2D eigenvalue weighted by molar-refractivity contribution is -0.139. The molecule has 0 spiro atoms. The second kappa shape index (κ2) is 20.9. The van der Waals surface area contributed by atoms with Crippen molar-refractivity contribution >= 4 is 53.0 Å². The number of piperidine rings is 1. The Morgan fingerprint density at radius 3 is 2.32 bits per heavy atom. The first-order valence-electron chi connectivity index (χ1n) is 22.1. The van der Waals surface area contributed by atoms with Crippen LogP contribution in [-0.4, -0.2) is 158 Å². The molecule has 8 atom stereocenters. The Labute approximate surface area is 399 Å². The first-order chi connectivity index (χ1) is 32.3. The van der Waals surface area contributed by atoms with Gasteiger partial charge < -0.3 is 55.9 Å². The highest BCUT2D eigenvalue weighted by molar-refractivity contribution is 7.10. The number of thiophene rings is 1. The van der Waals surface area contributed by atoms with Crippen molar-refractivity contribution in [1.29, 1.82) is 5.41 Å². The molecule has 0 unspecified atom stereocenters. The van der Waals surface area contributed by atoms with Crippen molar-refractivity contribution in [3.8, 4) is 11.1 Å². The topological polar surface area (TPSA) is 300 Å². The zero-order valence-electron chi connectivity index (χ0n) is 38.5. The molecule has 0 bridgehead atoms. The number of carboxylic acid groups (broad SMARTS) is 1. The molecule has 1 saturated carbocycles. The third-order valence-corrected chi connectivity index (χ3v) is 13.2. The smallest absolute Gasteiger partial charge is 0.413 e. The summed E-state index contributed by atoms with van der Waals surface area (Å²) < 4.78 is 41.5. The summed E-state index contributed by atoms with van der Waals surface area (Å²) in [6, 6.07) is 9.29. The van der Waals surface area contributed by atoms with Gasteiger partial charge in [-0.15, -0.1) is 11.3 Å². The predicted molar refractivity (Wildman–Crippen MR) is 243 cm³/mol. The van der Waals surface area contributed by atoms with Gasteiger partial charge in [0.1, 0.15) is 42.3 Å². The van der Waals surface area contributed by atoms with E-state index in [1.807, 2.05) is 0 Å². The summed E-state index contributed by atoms with van der Waals surface area (Å²) in [4.78, 5) is 80.8. The van der Waals surface area contributed by atoms with E-state index in [1.54, 1.807) is 51.3 Å². The van der Waals surface area contributed by atoms with Crippen molar-refractivity contribution in [3.63, 3.8) is 0 Å². The van der Waals surface area contributed by atoms with Crippen molar-refractivity contribution in [2.24, 2.45) is 5.41 Å². The third kappa shape index (κ3) is 12.0. The number of aliphatic hydroxyl groups excluding tert-OH is 4. The van der Waals surface area contributed by atoms with Crippen LogP contribution in [0.5, 0.6) is 0 Å². The predicted octanol–water partition coefficient (Wildman–Crippen LogP) is 2.26. The molecule has 2 aliphatic carbocycles. The number of amides is 6. The van der Waals surface area contributed by atoms with Crippen LogP contribution in [0.15, 0.2) is 53.9 Å². The van der Waals surface area contributed by atoms with Gasteiger partial charge in [0, 0.05) is 50.5 Å². The molecule has 3 aliphatic rings. The standard InChI is InChI=1S/C46H57F2N7O13S/c1-23(33-15-26(21-69-33)39(49)53-42(64)68-44(3,4)5)52-41(63)31-16-45(22-67-13-12-50-35(58)20-54(43(65)66)19-32(57)38(61)37(60)24(2)56)17-34(45)55(31)36(59)18-51-40(62)25-10-11-30-28(14-25)27-8-6-7-9-29(27)46(30,47)48/h6-11,14-15,21,23-24,31-32,34,37-38,56-57,60-61H,12-13,16-20,22H2,1-5H3,(H,50,58)(H,51,62)(H,52,63)(H,65,66)(H2,49,53,64)/t23-,24+,31+,32+,34+,37+,38+,45-/m1/s1.